The quantitative estimate of drug-likeness (QED) is 0.847. The largest absolute Gasteiger partial charge is 0.359 e. The fourth-order valence-corrected chi connectivity index (χ4v) is 1.84. The third-order valence-electron chi connectivity index (χ3n) is 2.79. The van der Waals surface area contributed by atoms with Gasteiger partial charge in [-0.1, -0.05) is 36.4 Å². The third-order valence-corrected chi connectivity index (χ3v) is 3.08. The second-order valence-corrected chi connectivity index (χ2v) is 4.63. The summed E-state index contributed by atoms with van der Waals surface area (Å²) in [6.07, 6.45) is 0. The average Bonchev–Trinajstić information content (AvgIpc) is 2.45. The van der Waals surface area contributed by atoms with Crippen LogP contribution in [0.15, 0.2) is 48.5 Å². The van der Waals surface area contributed by atoms with E-state index >= 15 is 0 Å². The van der Waals surface area contributed by atoms with Crippen LogP contribution in [0.25, 0.3) is 0 Å². The Hall–Kier alpha value is -2.01. The zero-order valence-electron chi connectivity index (χ0n) is 10.7. The molecule has 2 rings (SSSR count). The van der Waals surface area contributed by atoms with Gasteiger partial charge in [0, 0.05) is 24.2 Å². The van der Waals surface area contributed by atoms with Crippen molar-refractivity contribution in [2.45, 2.75) is 13.1 Å². The maximum Gasteiger partial charge on any atom is 0.166 e. The summed E-state index contributed by atoms with van der Waals surface area (Å²) in [5.74, 6) is -0.561. The van der Waals surface area contributed by atoms with Crippen LogP contribution in [0.4, 0.5) is 8.78 Å². The van der Waals surface area contributed by atoms with Crippen molar-refractivity contribution in [2.75, 3.05) is 0 Å². The predicted octanol–water partition coefficient (Wildman–Crippen LogP) is 3.13. The zero-order valence-corrected chi connectivity index (χ0v) is 11.5. The smallest absolute Gasteiger partial charge is 0.166 e. The van der Waals surface area contributed by atoms with Crippen molar-refractivity contribution in [3.8, 4) is 0 Å². The summed E-state index contributed by atoms with van der Waals surface area (Å²) < 4.78 is 26.8. The van der Waals surface area contributed by atoms with Gasteiger partial charge in [-0.3, -0.25) is 0 Å². The van der Waals surface area contributed by atoms with Gasteiger partial charge in [-0.15, -0.1) is 0 Å². The van der Waals surface area contributed by atoms with Crippen LogP contribution in [0.3, 0.4) is 0 Å². The molecule has 104 valence electrons. The molecule has 2 aromatic rings. The Balaban J connectivity index is 1.82. The van der Waals surface area contributed by atoms with E-state index in [1.54, 1.807) is 36.4 Å². The van der Waals surface area contributed by atoms with Crippen molar-refractivity contribution in [1.29, 1.82) is 0 Å². The fourth-order valence-electron chi connectivity index (χ4n) is 1.70. The Kier molecular flexibility index (Phi) is 5.01. The van der Waals surface area contributed by atoms with Gasteiger partial charge in [0.2, 0.25) is 0 Å². The van der Waals surface area contributed by atoms with Gasteiger partial charge in [0.15, 0.2) is 5.11 Å². The monoisotopic (exact) mass is 292 g/mol. The molecule has 0 bridgehead atoms. The van der Waals surface area contributed by atoms with Crippen molar-refractivity contribution in [1.82, 2.24) is 10.6 Å². The lowest BCUT2D eigenvalue weighted by molar-refractivity contribution is 0.601. The lowest BCUT2D eigenvalue weighted by atomic mass is 10.2. The average molecular weight is 292 g/mol. The van der Waals surface area contributed by atoms with Crippen LogP contribution in [0.2, 0.25) is 0 Å². The summed E-state index contributed by atoms with van der Waals surface area (Å²) in [5.41, 5.74) is 1.06. The highest BCUT2D eigenvalue weighted by atomic mass is 32.1. The molecular formula is C15H14F2N2S. The number of hydrogen-bond acceptors (Lipinski definition) is 1. The summed E-state index contributed by atoms with van der Waals surface area (Å²) >= 11 is 5.07. The van der Waals surface area contributed by atoms with Crippen LogP contribution in [0.5, 0.6) is 0 Å². The van der Waals surface area contributed by atoms with Crippen molar-refractivity contribution in [3.05, 3.63) is 71.3 Å². The number of benzene rings is 2. The second-order valence-electron chi connectivity index (χ2n) is 4.22. The lowest BCUT2D eigenvalue weighted by Gasteiger charge is -2.11. The molecule has 0 amide bonds. The van der Waals surface area contributed by atoms with Gasteiger partial charge < -0.3 is 10.6 Å². The summed E-state index contributed by atoms with van der Waals surface area (Å²) in [4.78, 5) is 0. The predicted molar refractivity (Wildman–Crippen MR) is 79.1 cm³/mol. The SMILES string of the molecule is Fc1ccccc1CNC(=S)NCc1ccccc1F. The summed E-state index contributed by atoms with van der Waals surface area (Å²) in [7, 11) is 0. The molecule has 20 heavy (non-hydrogen) atoms. The van der Waals surface area contributed by atoms with Gasteiger partial charge in [-0.25, -0.2) is 8.78 Å². The number of halogens is 2. The lowest BCUT2D eigenvalue weighted by Crippen LogP contribution is -2.34. The van der Waals surface area contributed by atoms with Gasteiger partial charge in [-0.2, -0.15) is 0 Å². The maximum absolute atomic E-state index is 13.4. The van der Waals surface area contributed by atoms with E-state index in [0.29, 0.717) is 16.2 Å². The molecule has 0 fully saturated rings. The molecule has 0 unspecified atom stereocenters. The Bertz CT molecular complexity index is 550. The normalized spacial score (nSPS) is 10.1. The minimum Gasteiger partial charge on any atom is -0.359 e. The molecule has 0 spiro atoms. The maximum atomic E-state index is 13.4. The zero-order chi connectivity index (χ0) is 14.4. The summed E-state index contributed by atoms with van der Waals surface area (Å²) in [6, 6.07) is 12.9. The van der Waals surface area contributed by atoms with Crippen molar-refractivity contribution in [2.24, 2.45) is 0 Å². The highest BCUT2D eigenvalue weighted by molar-refractivity contribution is 7.80. The first-order valence-electron chi connectivity index (χ1n) is 6.15. The van der Waals surface area contributed by atoms with Gasteiger partial charge in [-0.05, 0) is 24.4 Å². The van der Waals surface area contributed by atoms with Gasteiger partial charge in [0.25, 0.3) is 0 Å². The Morgan fingerprint density at radius 1 is 0.800 bits per heavy atom. The first kappa shape index (κ1) is 14.4. The minimum absolute atomic E-state index is 0.281. The van der Waals surface area contributed by atoms with Crippen LogP contribution >= 0.6 is 12.2 Å². The molecule has 0 saturated heterocycles. The minimum atomic E-state index is -0.281. The van der Waals surface area contributed by atoms with E-state index in [1.165, 1.54) is 12.1 Å². The molecule has 0 aliphatic rings. The molecule has 0 aliphatic carbocycles. The molecule has 2 aromatic carbocycles. The molecule has 0 atom stereocenters. The molecule has 0 aliphatic heterocycles. The van der Waals surface area contributed by atoms with Crippen molar-refractivity contribution in [3.63, 3.8) is 0 Å². The van der Waals surface area contributed by atoms with Gasteiger partial charge in [0.1, 0.15) is 11.6 Å². The van der Waals surface area contributed by atoms with E-state index in [2.05, 4.69) is 10.6 Å². The Labute approximate surface area is 121 Å². The number of rotatable bonds is 4. The molecule has 5 heteroatoms. The molecule has 0 saturated carbocycles. The third kappa shape index (κ3) is 3.99. The molecule has 2 nitrogen and oxygen atoms in total. The van der Waals surface area contributed by atoms with E-state index < -0.39 is 0 Å². The van der Waals surface area contributed by atoms with Crippen LogP contribution < -0.4 is 10.6 Å². The summed E-state index contributed by atoms with van der Waals surface area (Å²) in [6.45, 7) is 0.575. The van der Waals surface area contributed by atoms with Crippen LogP contribution in [0, 0.1) is 11.6 Å². The van der Waals surface area contributed by atoms with Crippen molar-refractivity contribution >= 4 is 17.3 Å². The van der Waals surface area contributed by atoms with Crippen LogP contribution in [-0.4, -0.2) is 5.11 Å². The molecule has 0 heterocycles. The fraction of sp³-hybridized carbons (Fsp3) is 0.133. The van der Waals surface area contributed by atoms with E-state index in [-0.39, 0.29) is 24.7 Å². The first-order chi connectivity index (χ1) is 9.66. The summed E-state index contributed by atoms with van der Waals surface area (Å²) in [5, 5.41) is 6.13. The van der Waals surface area contributed by atoms with E-state index in [9.17, 15) is 8.78 Å². The highest BCUT2D eigenvalue weighted by Crippen LogP contribution is 2.06. The molecule has 2 N–H and O–H groups in total. The van der Waals surface area contributed by atoms with Crippen LogP contribution in [0.1, 0.15) is 11.1 Å². The first-order valence-corrected chi connectivity index (χ1v) is 6.56. The molecular weight excluding hydrogens is 278 g/mol. The van der Waals surface area contributed by atoms with Gasteiger partial charge in [0.05, 0.1) is 0 Å². The van der Waals surface area contributed by atoms with Crippen molar-refractivity contribution < 1.29 is 8.78 Å². The van der Waals surface area contributed by atoms with E-state index in [4.69, 9.17) is 12.2 Å². The Morgan fingerprint density at radius 2 is 1.20 bits per heavy atom. The molecule has 0 aromatic heterocycles. The van der Waals surface area contributed by atoms with E-state index in [1.807, 2.05) is 0 Å². The van der Waals surface area contributed by atoms with Crippen LogP contribution in [-0.2, 0) is 13.1 Å². The number of nitrogens with one attached hydrogen (secondary N) is 2. The standard InChI is InChI=1S/C15H14F2N2S/c16-13-7-3-1-5-11(13)9-18-15(20)19-10-12-6-2-4-8-14(12)17/h1-8H,9-10H2,(H2,18,19,20). The van der Waals surface area contributed by atoms with Gasteiger partial charge >= 0.3 is 0 Å². The highest BCUT2D eigenvalue weighted by Gasteiger charge is 2.03. The molecule has 0 radical (unpaired) electrons. The number of hydrogen-bond donors (Lipinski definition) is 2. The van der Waals surface area contributed by atoms with E-state index in [0.717, 1.165) is 0 Å². The second kappa shape index (κ2) is 6.96. The Morgan fingerprint density at radius 3 is 1.60 bits per heavy atom. The number of thiocarbonyl (C=S) groups is 1. The topological polar surface area (TPSA) is 24.1 Å².